The van der Waals surface area contributed by atoms with Crippen LogP contribution in [0, 0.1) is 11.8 Å². The summed E-state index contributed by atoms with van der Waals surface area (Å²) in [6, 6.07) is 5.33. The summed E-state index contributed by atoms with van der Waals surface area (Å²) in [5, 5.41) is 3.25. The van der Waals surface area contributed by atoms with E-state index >= 15 is 0 Å². The molecular weight excluding hydrogens is 454 g/mol. The number of carbonyl (C=O) groups is 3. The first-order chi connectivity index (χ1) is 16.9. The summed E-state index contributed by atoms with van der Waals surface area (Å²) in [5.74, 6) is -2.31. The second-order valence-corrected chi connectivity index (χ2v) is 8.90. The van der Waals surface area contributed by atoms with Crippen molar-refractivity contribution < 1.29 is 38.1 Å². The van der Waals surface area contributed by atoms with Crippen molar-refractivity contribution in [3.63, 3.8) is 0 Å². The number of dihydropyridines is 1. The van der Waals surface area contributed by atoms with E-state index in [4.69, 9.17) is 23.7 Å². The molecule has 0 spiro atoms. The van der Waals surface area contributed by atoms with E-state index in [0.29, 0.717) is 52.6 Å². The van der Waals surface area contributed by atoms with E-state index in [9.17, 15) is 14.4 Å². The molecule has 3 aliphatic rings. The van der Waals surface area contributed by atoms with Gasteiger partial charge in [0.25, 0.3) is 0 Å². The lowest BCUT2D eigenvalue weighted by Crippen LogP contribution is -2.43. The van der Waals surface area contributed by atoms with Gasteiger partial charge in [0.15, 0.2) is 17.3 Å². The van der Waals surface area contributed by atoms with Crippen molar-refractivity contribution in [1.82, 2.24) is 5.32 Å². The maximum atomic E-state index is 13.7. The molecule has 1 N–H and O–H groups in total. The molecular formula is C26H31NO8. The number of hydrogen-bond donors (Lipinski definition) is 1. The average molecular weight is 486 g/mol. The number of nitrogens with one attached hydrogen (secondary N) is 1. The summed E-state index contributed by atoms with van der Waals surface area (Å²) >= 11 is 0. The Labute approximate surface area is 204 Å². The van der Waals surface area contributed by atoms with E-state index in [1.54, 1.807) is 25.1 Å². The number of methoxy groups -OCH3 is 1. The van der Waals surface area contributed by atoms with E-state index < -0.39 is 23.8 Å². The molecule has 1 aromatic rings. The third kappa shape index (κ3) is 4.77. The Morgan fingerprint density at radius 2 is 1.91 bits per heavy atom. The van der Waals surface area contributed by atoms with Gasteiger partial charge in [-0.25, -0.2) is 4.79 Å². The molecule has 0 unspecified atom stereocenters. The van der Waals surface area contributed by atoms with Crippen molar-refractivity contribution in [2.75, 3.05) is 33.7 Å². The molecule has 0 bridgehead atoms. The van der Waals surface area contributed by atoms with Crippen LogP contribution in [-0.4, -0.2) is 51.4 Å². The Morgan fingerprint density at radius 1 is 1.14 bits per heavy atom. The van der Waals surface area contributed by atoms with Gasteiger partial charge in [-0.2, -0.15) is 0 Å². The van der Waals surface area contributed by atoms with Crippen LogP contribution < -0.4 is 14.8 Å². The van der Waals surface area contributed by atoms with Crippen molar-refractivity contribution in [1.29, 1.82) is 0 Å². The Balaban J connectivity index is 1.74. The fourth-order valence-corrected chi connectivity index (χ4v) is 4.89. The molecule has 35 heavy (non-hydrogen) atoms. The fraction of sp³-hybridized carbons (Fsp3) is 0.500. The summed E-state index contributed by atoms with van der Waals surface area (Å²) in [4.78, 5) is 39.6. The van der Waals surface area contributed by atoms with Crippen LogP contribution in [0.2, 0.25) is 0 Å². The number of rotatable bonds is 8. The van der Waals surface area contributed by atoms with Crippen LogP contribution >= 0.6 is 0 Å². The van der Waals surface area contributed by atoms with Gasteiger partial charge in [0.05, 0.1) is 19.3 Å². The van der Waals surface area contributed by atoms with Gasteiger partial charge in [-0.15, -0.1) is 0 Å². The number of ketones is 1. The predicted octanol–water partition coefficient (Wildman–Crippen LogP) is 3.00. The zero-order valence-corrected chi connectivity index (χ0v) is 20.5. The first-order valence-corrected chi connectivity index (χ1v) is 11.8. The van der Waals surface area contributed by atoms with Crippen LogP contribution in [-0.2, 0) is 28.6 Å². The van der Waals surface area contributed by atoms with Gasteiger partial charge >= 0.3 is 11.9 Å². The van der Waals surface area contributed by atoms with Crippen LogP contribution in [0.15, 0.2) is 40.7 Å². The van der Waals surface area contributed by atoms with Crippen molar-refractivity contribution >= 4 is 17.7 Å². The second kappa shape index (κ2) is 10.5. The topological polar surface area (TPSA) is 109 Å². The number of esters is 2. The lowest BCUT2D eigenvalue weighted by molar-refractivity contribution is -0.151. The van der Waals surface area contributed by atoms with Gasteiger partial charge in [0.2, 0.25) is 6.79 Å². The molecule has 1 aromatic carbocycles. The normalized spacial score (nSPS) is 23.1. The predicted molar refractivity (Wildman–Crippen MR) is 125 cm³/mol. The molecule has 0 saturated heterocycles. The summed E-state index contributed by atoms with van der Waals surface area (Å²) in [5.41, 5.74) is 2.65. The van der Waals surface area contributed by atoms with E-state index in [2.05, 4.69) is 5.32 Å². The Morgan fingerprint density at radius 3 is 2.66 bits per heavy atom. The Kier molecular flexibility index (Phi) is 7.45. The number of benzene rings is 1. The third-order valence-electron chi connectivity index (χ3n) is 6.50. The Hall–Kier alpha value is -3.33. The van der Waals surface area contributed by atoms with Crippen LogP contribution in [0.3, 0.4) is 0 Å². The second-order valence-electron chi connectivity index (χ2n) is 8.90. The zero-order valence-electron chi connectivity index (χ0n) is 20.5. The van der Waals surface area contributed by atoms with E-state index in [-0.39, 0.29) is 31.7 Å². The highest BCUT2D eigenvalue weighted by atomic mass is 16.7. The summed E-state index contributed by atoms with van der Waals surface area (Å²) < 4.78 is 26.9. The van der Waals surface area contributed by atoms with Crippen molar-refractivity contribution in [3.8, 4) is 11.5 Å². The first-order valence-electron chi connectivity index (χ1n) is 11.8. The van der Waals surface area contributed by atoms with Crippen molar-refractivity contribution in [3.05, 3.63) is 46.3 Å². The fourth-order valence-electron chi connectivity index (χ4n) is 4.89. The number of ether oxygens (including phenoxy) is 5. The molecule has 2 aliphatic heterocycles. The number of hydrogen-bond acceptors (Lipinski definition) is 9. The molecule has 4 rings (SSSR count). The van der Waals surface area contributed by atoms with Crippen LogP contribution in [0.5, 0.6) is 11.5 Å². The smallest absolute Gasteiger partial charge is 0.336 e. The summed E-state index contributed by atoms with van der Waals surface area (Å²) in [7, 11) is 1.27. The van der Waals surface area contributed by atoms with Crippen LogP contribution in [0.1, 0.15) is 45.1 Å². The van der Waals surface area contributed by atoms with Gasteiger partial charge in [-0.3, -0.25) is 9.59 Å². The quantitative estimate of drug-likeness (QED) is 0.338. The summed E-state index contributed by atoms with van der Waals surface area (Å²) in [6.07, 6.45) is 1.33. The molecule has 2 heterocycles. The molecule has 0 fully saturated rings. The highest BCUT2D eigenvalue weighted by Crippen LogP contribution is 2.47. The first kappa shape index (κ1) is 24.8. The van der Waals surface area contributed by atoms with E-state index in [1.165, 1.54) is 7.11 Å². The molecule has 188 valence electrons. The van der Waals surface area contributed by atoms with Gasteiger partial charge < -0.3 is 29.0 Å². The van der Waals surface area contributed by atoms with Crippen LogP contribution in [0.25, 0.3) is 0 Å². The minimum Gasteiger partial charge on any atom is -0.468 e. The van der Waals surface area contributed by atoms with Gasteiger partial charge in [-0.1, -0.05) is 19.9 Å². The molecule has 1 aliphatic carbocycles. The van der Waals surface area contributed by atoms with Gasteiger partial charge in [-0.05, 0) is 43.4 Å². The maximum absolute atomic E-state index is 13.7. The zero-order chi connectivity index (χ0) is 25.1. The standard InChI is InChI=1S/C26H31NO8/c1-5-8-32-9-10-33-26(30)21-15(3)27-17-11-14(2)20(25(29)31-4)24(28)23(17)22(21)16-6-7-18-19(12-16)35-13-34-18/h6-7,12,14,20,22,27H,5,8-11,13H2,1-4H3/t14-,20-,22+/m0/s1. The van der Waals surface area contributed by atoms with Crippen molar-refractivity contribution in [2.45, 2.75) is 39.5 Å². The molecule has 9 heteroatoms. The highest BCUT2D eigenvalue weighted by Gasteiger charge is 2.47. The lowest BCUT2D eigenvalue weighted by Gasteiger charge is -2.38. The number of Topliss-reactive ketones (excluding diaryl/α,β-unsaturated/α-hetero) is 1. The molecule has 3 atom stereocenters. The minimum atomic E-state index is -0.949. The molecule has 0 radical (unpaired) electrons. The molecule has 0 saturated carbocycles. The van der Waals surface area contributed by atoms with E-state index in [0.717, 1.165) is 6.42 Å². The molecule has 0 amide bonds. The average Bonchev–Trinajstić information content (AvgIpc) is 3.30. The van der Waals surface area contributed by atoms with Gasteiger partial charge in [0.1, 0.15) is 12.5 Å². The third-order valence-corrected chi connectivity index (χ3v) is 6.50. The van der Waals surface area contributed by atoms with Gasteiger partial charge in [0, 0.05) is 29.5 Å². The molecule has 0 aromatic heterocycles. The number of allylic oxidation sites excluding steroid dienone is 3. The maximum Gasteiger partial charge on any atom is 0.336 e. The largest absolute Gasteiger partial charge is 0.468 e. The lowest BCUT2D eigenvalue weighted by atomic mass is 9.69. The number of fused-ring (bicyclic) bond motifs is 1. The SMILES string of the molecule is CCCOCCOC(=O)C1=C(C)NC2=C(C(=O)[C@@H](C(=O)OC)[C@@H](C)C2)[C@@H]1c1ccc2c(c1)OCO2. The Bertz CT molecular complexity index is 1090. The van der Waals surface area contributed by atoms with Crippen molar-refractivity contribution in [2.24, 2.45) is 11.8 Å². The summed E-state index contributed by atoms with van der Waals surface area (Å²) in [6.45, 7) is 6.68. The van der Waals surface area contributed by atoms with E-state index in [1.807, 2.05) is 13.8 Å². The van der Waals surface area contributed by atoms with Crippen LogP contribution in [0.4, 0.5) is 0 Å². The highest BCUT2D eigenvalue weighted by molar-refractivity contribution is 6.12. The number of carbonyl (C=O) groups excluding carboxylic acids is 3. The molecule has 9 nitrogen and oxygen atoms in total. The monoisotopic (exact) mass is 485 g/mol. The minimum absolute atomic E-state index is 0.0884.